The third-order valence-electron chi connectivity index (χ3n) is 2.01. The van der Waals surface area contributed by atoms with E-state index in [1.54, 1.807) is 0 Å². The van der Waals surface area contributed by atoms with Gasteiger partial charge >= 0.3 is 5.97 Å². The Kier molecular flexibility index (Phi) is 3.70. The molecule has 1 aliphatic rings. The predicted octanol–water partition coefficient (Wildman–Crippen LogP) is -0.671. The number of nitrogens with one attached hydrogen (secondary N) is 2. The summed E-state index contributed by atoms with van der Waals surface area (Å²) in [5.41, 5.74) is 0. The number of amides is 1. The zero-order valence-electron chi connectivity index (χ0n) is 7.38. The first-order valence-corrected chi connectivity index (χ1v) is 4.43. The molecule has 1 amide bonds. The maximum Gasteiger partial charge on any atom is 0.305 e. The summed E-state index contributed by atoms with van der Waals surface area (Å²) in [7, 11) is 0. The summed E-state index contributed by atoms with van der Waals surface area (Å²) in [5.74, 6) is -0.974. The van der Waals surface area contributed by atoms with Gasteiger partial charge in [-0.25, -0.2) is 0 Å². The van der Waals surface area contributed by atoms with Crippen molar-refractivity contribution in [1.82, 2.24) is 10.6 Å². The van der Waals surface area contributed by atoms with Gasteiger partial charge in [-0.15, -0.1) is 0 Å². The number of carbonyl (C=O) groups is 2. The van der Waals surface area contributed by atoms with Gasteiger partial charge in [0.25, 0.3) is 0 Å². The minimum Gasteiger partial charge on any atom is -0.481 e. The van der Waals surface area contributed by atoms with Gasteiger partial charge < -0.3 is 15.7 Å². The van der Waals surface area contributed by atoms with Crippen molar-refractivity contribution in [2.75, 3.05) is 13.1 Å². The summed E-state index contributed by atoms with van der Waals surface area (Å²) in [6.45, 7) is 1.09. The average molecular weight is 186 g/mol. The molecule has 0 aromatic carbocycles. The van der Waals surface area contributed by atoms with Crippen LogP contribution in [0, 0.1) is 0 Å². The number of hydrogen-bond donors (Lipinski definition) is 3. The second-order valence-corrected chi connectivity index (χ2v) is 3.08. The van der Waals surface area contributed by atoms with E-state index in [0.29, 0.717) is 0 Å². The fourth-order valence-corrected chi connectivity index (χ4v) is 1.32. The monoisotopic (exact) mass is 186 g/mol. The zero-order valence-corrected chi connectivity index (χ0v) is 7.38. The highest BCUT2D eigenvalue weighted by molar-refractivity contribution is 5.82. The molecule has 1 heterocycles. The zero-order chi connectivity index (χ0) is 9.68. The lowest BCUT2D eigenvalue weighted by atomic mass is 10.2. The van der Waals surface area contributed by atoms with Crippen molar-refractivity contribution < 1.29 is 14.7 Å². The maximum atomic E-state index is 11.3. The van der Waals surface area contributed by atoms with E-state index in [2.05, 4.69) is 10.6 Å². The van der Waals surface area contributed by atoms with Crippen LogP contribution in [0.25, 0.3) is 0 Å². The molecule has 1 fully saturated rings. The van der Waals surface area contributed by atoms with Gasteiger partial charge in [-0.1, -0.05) is 0 Å². The normalized spacial score (nSPS) is 21.4. The first kappa shape index (κ1) is 9.98. The molecular weight excluding hydrogens is 172 g/mol. The Morgan fingerprint density at radius 2 is 2.31 bits per heavy atom. The van der Waals surface area contributed by atoms with Crippen molar-refractivity contribution in [1.29, 1.82) is 0 Å². The second-order valence-electron chi connectivity index (χ2n) is 3.08. The van der Waals surface area contributed by atoms with E-state index >= 15 is 0 Å². The van der Waals surface area contributed by atoms with E-state index in [0.717, 1.165) is 19.4 Å². The number of carboxylic acid groups (broad SMARTS) is 1. The Labute approximate surface area is 76.5 Å². The van der Waals surface area contributed by atoms with Crippen LogP contribution in [0.4, 0.5) is 0 Å². The Hall–Kier alpha value is -1.10. The maximum absolute atomic E-state index is 11.3. The van der Waals surface area contributed by atoms with Crippen LogP contribution in [-0.2, 0) is 9.59 Å². The molecule has 5 heteroatoms. The molecule has 0 radical (unpaired) electrons. The molecule has 0 aromatic heterocycles. The van der Waals surface area contributed by atoms with Crippen LogP contribution in [-0.4, -0.2) is 36.1 Å². The number of rotatable bonds is 4. The predicted molar refractivity (Wildman–Crippen MR) is 46.3 cm³/mol. The first-order chi connectivity index (χ1) is 6.20. The third kappa shape index (κ3) is 3.42. The molecule has 0 aromatic rings. The molecule has 0 aliphatic carbocycles. The van der Waals surface area contributed by atoms with Crippen LogP contribution in [0.5, 0.6) is 0 Å². The second kappa shape index (κ2) is 4.81. The van der Waals surface area contributed by atoms with Crippen molar-refractivity contribution >= 4 is 11.9 Å². The number of aliphatic carboxylic acids is 1. The van der Waals surface area contributed by atoms with E-state index in [9.17, 15) is 9.59 Å². The fourth-order valence-electron chi connectivity index (χ4n) is 1.32. The smallest absolute Gasteiger partial charge is 0.305 e. The SMILES string of the molecule is O=C(O)CCNC(=O)[C@@H]1CCCN1. The van der Waals surface area contributed by atoms with Crippen LogP contribution < -0.4 is 10.6 Å². The number of carbonyl (C=O) groups excluding carboxylic acids is 1. The largest absolute Gasteiger partial charge is 0.481 e. The number of hydrogen-bond acceptors (Lipinski definition) is 3. The van der Waals surface area contributed by atoms with Crippen LogP contribution in [0.2, 0.25) is 0 Å². The van der Waals surface area contributed by atoms with E-state index in [-0.39, 0.29) is 24.9 Å². The van der Waals surface area contributed by atoms with Crippen LogP contribution >= 0.6 is 0 Å². The minimum absolute atomic E-state index is 0.0154. The minimum atomic E-state index is -0.889. The summed E-state index contributed by atoms with van der Waals surface area (Å²) >= 11 is 0. The van der Waals surface area contributed by atoms with Gasteiger partial charge in [-0.05, 0) is 19.4 Å². The molecule has 0 spiro atoms. The molecule has 13 heavy (non-hydrogen) atoms. The van der Waals surface area contributed by atoms with Crippen molar-refractivity contribution in [3.05, 3.63) is 0 Å². The highest BCUT2D eigenvalue weighted by atomic mass is 16.4. The summed E-state index contributed by atoms with van der Waals surface area (Å²) in [5, 5.41) is 13.9. The molecule has 74 valence electrons. The van der Waals surface area contributed by atoms with Crippen LogP contribution in [0.1, 0.15) is 19.3 Å². The van der Waals surface area contributed by atoms with Gasteiger partial charge in [0.15, 0.2) is 0 Å². The van der Waals surface area contributed by atoms with Gasteiger partial charge in [0.05, 0.1) is 12.5 Å². The van der Waals surface area contributed by atoms with Crippen LogP contribution in [0.15, 0.2) is 0 Å². The Morgan fingerprint density at radius 3 is 2.85 bits per heavy atom. The fraction of sp³-hybridized carbons (Fsp3) is 0.750. The van der Waals surface area contributed by atoms with Gasteiger partial charge in [-0.2, -0.15) is 0 Å². The first-order valence-electron chi connectivity index (χ1n) is 4.43. The molecule has 1 aliphatic heterocycles. The molecule has 1 atom stereocenters. The molecule has 1 rings (SSSR count). The van der Waals surface area contributed by atoms with Crippen molar-refractivity contribution in [2.24, 2.45) is 0 Å². The summed E-state index contributed by atoms with van der Waals surface area (Å²) < 4.78 is 0. The topological polar surface area (TPSA) is 78.4 Å². The van der Waals surface area contributed by atoms with Gasteiger partial charge in [0.2, 0.25) is 5.91 Å². The lowest BCUT2D eigenvalue weighted by molar-refractivity contribution is -0.136. The summed E-state index contributed by atoms with van der Waals surface area (Å²) in [4.78, 5) is 21.4. The van der Waals surface area contributed by atoms with Crippen molar-refractivity contribution in [3.63, 3.8) is 0 Å². The quantitative estimate of drug-likeness (QED) is 0.544. The van der Waals surface area contributed by atoms with Gasteiger partial charge in [0.1, 0.15) is 0 Å². The Bertz CT molecular complexity index is 200. The molecule has 1 saturated heterocycles. The van der Waals surface area contributed by atoms with Gasteiger partial charge in [0, 0.05) is 6.54 Å². The molecule has 0 saturated carbocycles. The number of carboxylic acids is 1. The van der Waals surface area contributed by atoms with Gasteiger partial charge in [-0.3, -0.25) is 9.59 Å². The molecule has 0 bridgehead atoms. The van der Waals surface area contributed by atoms with Crippen molar-refractivity contribution in [2.45, 2.75) is 25.3 Å². The molecule has 0 unspecified atom stereocenters. The molecule has 5 nitrogen and oxygen atoms in total. The van der Waals surface area contributed by atoms with E-state index < -0.39 is 5.97 Å². The van der Waals surface area contributed by atoms with E-state index in [1.165, 1.54) is 0 Å². The highest BCUT2D eigenvalue weighted by Crippen LogP contribution is 2.04. The molecule has 3 N–H and O–H groups in total. The van der Waals surface area contributed by atoms with Crippen molar-refractivity contribution in [3.8, 4) is 0 Å². The Morgan fingerprint density at radius 1 is 1.54 bits per heavy atom. The van der Waals surface area contributed by atoms with E-state index in [1.807, 2.05) is 0 Å². The Balaban J connectivity index is 2.13. The van der Waals surface area contributed by atoms with Crippen LogP contribution in [0.3, 0.4) is 0 Å². The average Bonchev–Trinajstić information content (AvgIpc) is 2.55. The summed E-state index contributed by atoms with van der Waals surface area (Å²) in [6.07, 6.45) is 1.84. The lowest BCUT2D eigenvalue weighted by Gasteiger charge is -2.09. The third-order valence-corrected chi connectivity index (χ3v) is 2.01. The standard InChI is InChI=1S/C8H14N2O3/c11-7(12)3-5-10-8(13)6-2-1-4-9-6/h6,9H,1-5H2,(H,10,13)(H,11,12)/t6-/m0/s1. The molecular formula is C8H14N2O3. The summed E-state index contributed by atoms with van der Waals surface area (Å²) in [6, 6.07) is -0.117. The highest BCUT2D eigenvalue weighted by Gasteiger charge is 2.21. The lowest BCUT2D eigenvalue weighted by Crippen LogP contribution is -2.41. The van der Waals surface area contributed by atoms with E-state index in [4.69, 9.17) is 5.11 Å².